The minimum atomic E-state index is 0.0703. The Kier molecular flexibility index (Phi) is 4.08. The zero-order valence-corrected chi connectivity index (χ0v) is 11.7. The topological polar surface area (TPSA) is 52.6 Å². The number of nitrogens with zero attached hydrogens (tertiary/aromatic N) is 1. The number of hydrogen-bond donors (Lipinski definition) is 2. The van der Waals surface area contributed by atoms with Crippen molar-refractivity contribution in [1.82, 2.24) is 10.2 Å². The van der Waals surface area contributed by atoms with Gasteiger partial charge in [0.15, 0.2) is 0 Å². The SMILES string of the molecule is O=C(C1CC2CCCCC2N1)N1CCC(CCO)C1. The molecule has 4 nitrogen and oxygen atoms in total. The summed E-state index contributed by atoms with van der Waals surface area (Å²) in [6.07, 6.45) is 8.16. The van der Waals surface area contributed by atoms with Gasteiger partial charge in [-0.3, -0.25) is 4.79 Å². The van der Waals surface area contributed by atoms with Gasteiger partial charge in [0.1, 0.15) is 0 Å². The summed E-state index contributed by atoms with van der Waals surface area (Å²) in [4.78, 5) is 14.6. The summed E-state index contributed by atoms with van der Waals surface area (Å²) in [7, 11) is 0. The highest BCUT2D eigenvalue weighted by Gasteiger charge is 2.40. The molecule has 3 aliphatic rings. The van der Waals surface area contributed by atoms with E-state index in [-0.39, 0.29) is 12.6 Å². The third-order valence-corrected chi connectivity index (χ3v) is 5.30. The first-order valence-electron chi connectivity index (χ1n) is 7.93. The van der Waals surface area contributed by atoms with Crippen LogP contribution in [0.15, 0.2) is 0 Å². The fourth-order valence-corrected chi connectivity index (χ4v) is 4.18. The standard InChI is InChI=1S/C15H26N2O2/c18-8-6-11-5-7-17(10-11)15(19)14-9-12-3-1-2-4-13(12)16-14/h11-14,16,18H,1-10H2. The lowest BCUT2D eigenvalue weighted by Crippen LogP contribution is -2.44. The molecule has 2 saturated heterocycles. The van der Waals surface area contributed by atoms with Crippen molar-refractivity contribution in [3.8, 4) is 0 Å². The van der Waals surface area contributed by atoms with Crippen LogP contribution < -0.4 is 5.32 Å². The number of rotatable bonds is 3. The summed E-state index contributed by atoms with van der Waals surface area (Å²) in [5.74, 6) is 1.56. The minimum Gasteiger partial charge on any atom is -0.396 e. The van der Waals surface area contributed by atoms with Crippen LogP contribution in [0.5, 0.6) is 0 Å². The van der Waals surface area contributed by atoms with Crippen LogP contribution in [0.3, 0.4) is 0 Å². The number of nitrogens with one attached hydrogen (secondary N) is 1. The van der Waals surface area contributed by atoms with Crippen molar-refractivity contribution in [2.45, 2.75) is 57.0 Å². The number of fused-ring (bicyclic) bond motifs is 1. The van der Waals surface area contributed by atoms with Crippen LogP contribution in [0.4, 0.5) is 0 Å². The maximum absolute atomic E-state index is 12.5. The predicted octanol–water partition coefficient (Wildman–Crippen LogP) is 1.14. The van der Waals surface area contributed by atoms with Crippen LogP contribution in [0.2, 0.25) is 0 Å². The second-order valence-electron chi connectivity index (χ2n) is 6.56. The Morgan fingerprint density at radius 2 is 2.11 bits per heavy atom. The Bertz CT molecular complexity index is 320. The van der Waals surface area contributed by atoms with Gasteiger partial charge in [-0.2, -0.15) is 0 Å². The van der Waals surface area contributed by atoms with Gasteiger partial charge in [0.25, 0.3) is 0 Å². The van der Waals surface area contributed by atoms with Crippen molar-refractivity contribution >= 4 is 5.91 Å². The normalized spacial score (nSPS) is 38.5. The highest BCUT2D eigenvalue weighted by Crippen LogP contribution is 2.34. The van der Waals surface area contributed by atoms with Gasteiger partial charge in [0.2, 0.25) is 5.91 Å². The maximum atomic E-state index is 12.5. The van der Waals surface area contributed by atoms with E-state index in [2.05, 4.69) is 5.32 Å². The summed E-state index contributed by atoms with van der Waals surface area (Å²) in [6, 6.07) is 0.666. The molecular formula is C15H26N2O2. The highest BCUT2D eigenvalue weighted by atomic mass is 16.3. The van der Waals surface area contributed by atoms with Crippen LogP contribution in [0, 0.1) is 11.8 Å². The Morgan fingerprint density at radius 3 is 2.89 bits per heavy atom. The molecule has 0 aromatic heterocycles. The van der Waals surface area contributed by atoms with Crippen molar-refractivity contribution in [2.75, 3.05) is 19.7 Å². The van der Waals surface area contributed by atoms with E-state index in [4.69, 9.17) is 5.11 Å². The Labute approximate surface area is 115 Å². The van der Waals surface area contributed by atoms with Crippen LogP contribution in [-0.4, -0.2) is 47.7 Å². The molecule has 2 aliphatic heterocycles. The number of aliphatic hydroxyl groups is 1. The van der Waals surface area contributed by atoms with E-state index in [0.29, 0.717) is 17.9 Å². The lowest BCUT2D eigenvalue weighted by Gasteiger charge is -2.24. The van der Waals surface area contributed by atoms with E-state index >= 15 is 0 Å². The van der Waals surface area contributed by atoms with E-state index < -0.39 is 0 Å². The fourth-order valence-electron chi connectivity index (χ4n) is 4.18. The zero-order valence-electron chi connectivity index (χ0n) is 11.7. The first kappa shape index (κ1) is 13.4. The average molecular weight is 266 g/mol. The van der Waals surface area contributed by atoms with Crippen molar-refractivity contribution in [2.24, 2.45) is 11.8 Å². The van der Waals surface area contributed by atoms with Gasteiger partial charge in [-0.25, -0.2) is 0 Å². The molecule has 108 valence electrons. The van der Waals surface area contributed by atoms with E-state index in [1.54, 1.807) is 0 Å². The van der Waals surface area contributed by atoms with Gasteiger partial charge in [0.05, 0.1) is 6.04 Å². The zero-order chi connectivity index (χ0) is 13.2. The third kappa shape index (κ3) is 2.79. The van der Waals surface area contributed by atoms with Crippen molar-refractivity contribution < 1.29 is 9.90 Å². The summed E-state index contributed by atoms with van der Waals surface area (Å²) in [5.41, 5.74) is 0. The second kappa shape index (κ2) is 5.80. The van der Waals surface area contributed by atoms with Gasteiger partial charge >= 0.3 is 0 Å². The van der Waals surface area contributed by atoms with Gasteiger partial charge < -0.3 is 15.3 Å². The van der Waals surface area contributed by atoms with Crippen LogP contribution in [0.25, 0.3) is 0 Å². The van der Waals surface area contributed by atoms with Gasteiger partial charge in [0, 0.05) is 25.7 Å². The number of amides is 1. The van der Waals surface area contributed by atoms with Gasteiger partial charge in [-0.1, -0.05) is 12.8 Å². The second-order valence-corrected chi connectivity index (χ2v) is 6.56. The molecule has 2 heterocycles. The molecule has 3 rings (SSSR count). The average Bonchev–Trinajstić information content (AvgIpc) is 3.04. The number of likely N-dealkylation sites (tertiary alicyclic amines) is 1. The molecule has 19 heavy (non-hydrogen) atoms. The summed E-state index contributed by atoms with van der Waals surface area (Å²) in [5, 5.41) is 12.6. The molecule has 1 aliphatic carbocycles. The van der Waals surface area contributed by atoms with Crippen LogP contribution in [0.1, 0.15) is 44.9 Å². The molecule has 2 N–H and O–H groups in total. The molecule has 0 radical (unpaired) electrons. The highest BCUT2D eigenvalue weighted by molar-refractivity contribution is 5.82. The first-order chi connectivity index (χ1) is 9.28. The molecule has 4 heteroatoms. The van der Waals surface area contributed by atoms with Crippen LogP contribution >= 0.6 is 0 Å². The van der Waals surface area contributed by atoms with E-state index in [1.165, 1.54) is 25.7 Å². The Morgan fingerprint density at radius 1 is 1.26 bits per heavy atom. The largest absolute Gasteiger partial charge is 0.396 e. The van der Waals surface area contributed by atoms with Crippen molar-refractivity contribution in [3.05, 3.63) is 0 Å². The lowest BCUT2D eigenvalue weighted by molar-refractivity contribution is -0.132. The monoisotopic (exact) mass is 266 g/mol. The third-order valence-electron chi connectivity index (χ3n) is 5.30. The molecule has 0 spiro atoms. The van der Waals surface area contributed by atoms with Crippen molar-refractivity contribution in [3.63, 3.8) is 0 Å². The number of carbonyl (C=O) groups excluding carboxylic acids is 1. The maximum Gasteiger partial charge on any atom is 0.239 e. The first-order valence-corrected chi connectivity index (χ1v) is 7.93. The minimum absolute atomic E-state index is 0.0703. The Balaban J connectivity index is 1.54. The summed E-state index contributed by atoms with van der Waals surface area (Å²) >= 11 is 0. The molecule has 0 aromatic carbocycles. The molecule has 4 atom stereocenters. The number of carbonyl (C=O) groups is 1. The Hall–Kier alpha value is -0.610. The molecular weight excluding hydrogens is 240 g/mol. The smallest absolute Gasteiger partial charge is 0.239 e. The van der Waals surface area contributed by atoms with Crippen LogP contribution in [-0.2, 0) is 4.79 Å². The van der Waals surface area contributed by atoms with E-state index in [9.17, 15) is 4.79 Å². The summed E-state index contributed by atoms with van der Waals surface area (Å²) in [6.45, 7) is 1.99. The quantitative estimate of drug-likeness (QED) is 0.805. The predicted molar refractivity (Wildman–Crippen MR) is 73.7 cm³/mol. The van der Waals surface area contributed by atoms with Gasteiger partial charge in [-0.05, 0) is 43.9 Å². The molecule has 0 aromatic rings. The molecule has 1 saturated carbocycles. The molecule has 0 bridgehead atoms. The fraction of sp³-hybridized carbons (Fsp3) is 0.933. The number of aliphatic hydroxyl groups excluding tert-OH is 1. The number of hydrogen-bond acceptors (Lipinski definition) is 3. The van der Waals surface area contributed by atoms with E-state index in [0.717, 1.165) is 38.3 Å². The molecule has 3 fully saturated rings. The van der Waals surface area contributed by atoms with E-state index in [1.807, 2.05) is 4.90 Å². The summed E-state index contributed by atoms with van der Waals surface area (Å²) < 4.78 is 0. The molecule has 4 unspecified atom stereocenters. The lowest BCUT2D eigenvalue weighted by atomic mass is 9.85. The van der Waals surface area contributed by atoms with Crippen molar-refractivity contribution in [1.29, 1.82) is 0 Å². The molecule has 1 amide bonds. The van der Waals surface area contributed by atoms with Gasteiger partial charge in [-0.15, -0.1) is 0 Å².